The van der Waals surface area contributed by atoms with E-state index in [4.69, 9.17) is 20.4 Å². The van der Waals surface area contributed by atoms with Crippen LogP contribution in [0.3, 0.4) is 0 Å². The number of hydrogen-bond donors (Lipinski definition) is 4. The van der Waals surface area contributed by atoms with E-state index in [1.807, 2.05) is 0 Å². The van der Waals surface area contributed by atoms with E-state index in [-0.39, 0.29) is 21.1 Å². The maximum absolute atomic E-state index is 9.63. The van der Waals surface area contributed by atoms with Gasteiger partial charge in [-0.15, -0.1) is 0 Å². The predicted molar refractivity (Wildman–Crippen MR) is 44.1 cm³/mol. The van der Waals surface area contributed by atoms with Gasteiger partial charge in [-0.05, 0) is 0 Å². The summed E-state index contributed by atoms with van der Waals surface area (Å²) in [4.78, 5) is 38.5. The molecule has 13 heteroatoms. The summed E-state index contributed by atoms with van der Waals surface area (Å²) in [6.07, 6.45) is -9.76. The number of aliphatic carboxylic acids is 4. The van der Waals surface area contributed by atoms with Crippen LogP contribution in [-0.4, -0.2) is 68.7 Å². The van der Waals surface area contributed by atoms with E-state index in [9.17, 15) is 39.6 Å². The van der Waals surface area contributed by atoms with Crippen molar-refractivity contribution < 1.29 is 81.1 Å². The van der Waals surface area contributed by atoms with Gasteiger partial charge >= 0.3 is 0 Å². The van der Waals surface area contributed by atoms with Crippen LogP contribution < -0.4 is 20.4 Å². The summed E-state index contributed by atoms with van der Waals surface area (Å²) in [7, 11) is 0. The van der Waals surface area contributed by atoms with Crippen LogP contribution in [0.1, 0.15) is 0 Å². The van der Waals surface area contributed by atoms with E-state index in [1.54, 1.807) is 0 Å². The number of carboxylic acid groups (broad SMARTS) is 4. The van der Waals surface area contributed by atoms with E-state index in [1.165, 1.54) is 0 Å². The molecule has 0 radical (unpaired) electrons. The number of carbonyl (C=O) groups excluding carboxylic acids is 4. The molecule has 12 nitrogen and oxygen atoms in total. The first-order valence-corrected chi connectivity index (χ1v) is 4.49. The summed E-state index contributed by atoms with van der Waals surface area (Å²) in [6, 6.07) is 0. The van der Waals surface area contributed by atoms with Gasteiger partial charge in [-0.1, -0.05) is 0 Å². The Morgan fingerprint density at radius 3 is 0.667 bits per heavy atom. The molecule has 0 rings (SSSR count). The molecule has 0 aromatic rings. The summed E-state index contributed by atoms with van der Waals surface area (Å²) in [5.74, 6) is -8.23. The first-order valence-electron chi connectivity index (χ1n) is 4.49. The van der Waals surface area contributed by atoms with Crippen molar-refractivity contribution >= 4 is 23.9 Å². The maximum atomic E-state index is 9.63. The van der Waals surface area contributed by atoms with Crippen molar-refractivity contribution in [1.82, 2.24) is 0 Å². The van der Waals surface area contributed by atoms with Gasteiger partial charge in [-0.25, -0.2) is 0 Å². The Morgan fingerprint density at radius 2 is 0.619 bits per heavy atom. The van der Waals surface area contributed by atoms with Crippen LogP contribution >= 0.6 is 0 Å². The Morgan fingerprint density at radius 1 is 0.524 bits per heavy atom. The molecule has 0 heterocycles. The molecule has 0 spiro atoms. The second kappa shape index (κ2) is 11.1. The molecule has 0 aliphatic rings. The molecule has 0 aliphatic heterocycles. The van der Waals surface area contributed by atoms with Gasteiger partial charge < -0.3 is 60.0 Å². The predicted octanol–water partition coefficient (Wildman–Crippen LogP) is -9.59. The first-order chi connectivity index (χ1) is 8.93. The minimum absolute atomic E-state index is 0. The van der Waals surface area contributed by atoms with Crippen LogP contribution in [0.5, 0.6) is 0 Å². The molecule has 21 heavy (non-hydrogen) atoms. The Kier molecular flexibility index (Phi) is 12.9. The largest absolute Gasteiger partial charge is 0.547 e. The minimum Gasteiger partial charge on any atom is -0.547 e. The average Bonchev–Trinajstić information content (AvgIpc) is 2.35. The van der Waals surface area contributed by atoms with E-state index in [0.717, 1.165) is 0 Å². The Hall–Kier alpha value is -1.59. The molecule has 4 unspecified atom stereocenters. The van der Waals surface area contributed by atoms with Crippen LogP contribution in [0.15, 0.2) is 0 Å². The quantitative estimate of drug-likeness (QED) is 0.277. The van der Waals surface area contributed by atoms with Crippen molar-refractivity contribution in [3.8, 4) is 0 Å². The molecule has 4 N–H and O–H groups in total. The van der Waals surface area contributed by atoms with Crippen LogP contribution in [0.25, 0.3) is 0 Å². The number of aliphatic hydroxyl groups excluding tert-OH is 4. The Bertz CT molecular complexity index is 309. The van der Waals surface area contributed by atoms with Gasteiger partial charge in [0, 0.05) is 21.1 Å². The molecule has 122 valence electrons. The second-order valence-corrected chi connectivity index (χ2v) is 3.06. The molecule has 0 aliphatic carbocycles. The van der Waals surface area contributed by atoms with Gasteiger partial charge in [0.05, 0.1) is 23.9 Å². The Labute approximate surface area is 130 Å². The van der Waals surface area contributed by atoms with Gasteiger partial charge in [0.2, 0.25) is 0 Å². The SMILES string of the molecule is O=C([O-])C(O)C(O)C(=O)[O-].O=C([O-])C(O)C(O)C(=O)[O-].[W]. The van der Waals surface area contributed by atoms with Crippen LogP contribution in [0.2, 0.25) is 0 Å². The number of aliphatic hydroxyl groups is 4. The molecular formula is C8H8O12W-4. The molecule has 0 saturated heterocycles. The van der Waals surface area contributed by atoms with E-state index < -0.39 is 48.3 Å². The third-order valence-electron chi connectivity index (χ3n) is 1.56. The molecule has 4 atom stereocenters. The maximum Gasteiger partial charge on any atom is 0.124 e. The molecule has 0 aromatic carbocycles. The number of hydrogen-bond acceptors (Lipinski definition) is 12. The van der Waals surface area contributed by atoms with Crippen molar-refractivity contribution in [2.75, 3.05) is 0 Å². The van der Waals surface area contributed by atoms with Crippen molar-refractivity contribution in [3.05, 3.63) is 0 Å². The smallest absolute Gasteiger partial charge is 0.124 e. The Balaban J connectivity index is -0.000000295. The summed E-state index contributed by atoms with van der Waals surface area (Å²) in [5.41, 5.74) is 0. The second-order valence-electron chi connectivity index (χ2n) is 3.06. The molecule has 0 amide bonds. The van der Waals surface area contributed by atoms with Crippen molar-refractivity contribution in [1.29, 1.82) is 0 Å². The average molecular weight is 480 g/mol. The van der Waals surface area contributed by atoms with E-state index in [0.29, 0.717) is 0 Å². The summed E-state index contributed by atoms with van der Waals surface area (Å²) >= 11 is 0. The van der Waals surface area contributed by atoms with Gasteiger partial charge in [0.15, 0.2) is 0 Å². The van der Waals surface area contributed by atoms with Crippen molar-refractivity contribution in [2.45, 2.75) is 24.4 Å². The third-order valence-corrected chi connectivity index (χ3v) is 1.56. The van der Waals surface area contributed by atoms with Crippen molar-refractivity contribution in [3.63, 3.8) is 0 Å². The zero-order valence-electron chi connectivity index (χ0n) is 9.77. The van der Waals surface area contributed by atoms with Crippen LogP contribution in [-0.2, 0) is 40.2 Å². The standard InChI is InChI=1S/2C4H6O6.W/c2*5-1(3(7)8)2(6)4(9)10;/h2*1-2,5-6H,(H,7,8)(H,9,10);/p-4. The van der Waals surface area contributed by atoms with E-state index >= 15 is 0 Å². The molecule has 0 bridgehead atoms. The normalized spacial score (nSPS) is 15.0. The van der Waals surface area contributed by atoms with Gasteiger partial charge in [-0.3, -0.25) is 0 Å². The molecule has 0 saturated carbocycles. The number of carboxylic acids is 4. The topological polar surface area (TPSA) is 241 Å². The summed E-state index contributed by atoms with van der Waals surface area (Å²) < 4.78 is 0. The monoisotopic (exact) mass is 480 g/mol. The summed E-state index contributed by atoms with van der Waals surface area (Å²) in [5, 5.41) is 71.5. The van der Waals surface area contributed by atoms with Gasteiger partial charge in [0.1, 0.15) is 24.4 Å². The fourth-order valence-corrected chi connectivity index (χ4v) is 0.516. The number of rotatable bonds is 6. The van der Waals surface area contributed by atoms with Crippen LogP contribution in [0.4, 0.5) is 0 Å². The zero-order valence-corrected chi connectivity index (χ0v) is 12.7. The molecular weight excluding hydrogens is 472 g/mol. The minimum atomic E-state index is -2.44. The molecule has 0 aromatic heterocycles. The van der Waals surface area contributed by atoms with Gasteiger partial charge in [0.25, 0.3) is 0 Å². The summed E-state index contributed by atoms with van der Waals surface area (Å²) in [6.45, 7) is 0. The molecule has 0 fully saturated rings. The van der Waals surface area contributed by atoms with E-state index in [2.05, 4.69) is 0 Å². The fraction of sp³-hybridized carbons (Fsp3) is 0.500. The first kappa shape index (κ1) is 24.4. The third kappa shape index (κ3) is 9.87. The zero-order chi connectivity index (χ0) is 16.6. The van der Waals surface area contributed by atoms with Crippen LogP contribution in [0, 0.1) is 0 Å². The van der Waals surface area contributed by atoms with Crippen molar-refractivity contribution in [2.24, 2.45) is 0 Å². The van der Waals surface area contributed by atoms with Gasteiger partial charge in [-0.2, -0.15) is 0 Å². The number of carbonyl (C=O) groups is 4. The fourth-order valence-electron chi connectivity index (χ4n) is 0.516.